The zero-order valence-electron chi connectivity index (χ0n) is 19.3. The Labute approximate surface area is 203 Å². The molecule has 1 unspecified atom stereocenters. The molecule has 0 radical (unpaired) electrons. The van der Waals surface area contributed by atoms with Gasteiger partial charge in [-0.15, -0.1) is 0 Å². The molecule has 4 aromatic rings. The number of hydrogen-bond acceptors (Lipinski definition) is 7. The summed E-state index contributed by atoms with van der Waals surface area (Å²) in [6, 6.07) is 21.4. The van der Waals surface area contributed by atoms with Crippen molar-refractivity contribution in [3.8, 4) is 22.9 Å². The van der Waals surface area contributed by atoms with E-state index in [1.54, 1.807) is 47.4 Å². The second kappa shape index (κ2) is 9.60. The first kappa shape index (κ1) is 22.6. The van der Waals surface area contributed by atoms with Crippen molar-refractivity contribution in [1.29, 1.82) is 0 Å². The number of aryl methyl sites for hydroxylation is 1. The number of anilines is 1. The number of phenolic OH excluding ortho intramolecular Hbond substituents is 1. The van der Waals surface area contributed by atoms with Crippen molar-refractivity contribution in [1.82, 2.24) is 14.9 Å². The van der Waals surface area contributed by atoms with Crippen molar-refractivity contribution in [2.75, 3.05) is 31.1 Å². The Bertz CT molecular complexity index is 1360. The van der Waals surface area contributed by atoms with E-state index in [1.807, 2.05) is 42.2 Å². The van der Waals surface area contributed by atoms with Gasteiger partial charge < -0.3 is 24.7 Å². The summed E-state index contributed by atoms with van der Waals surface area (Å²) in [6.45, 7) is 2.97. The Kier molecular flexibility index (Phi) is 6.20. The van der Waals surface area contributed by atoms with E-state index in [9.17, 15) is 15.0 Å². The number of piperazine rings is 1. The van der Waals surface area contributed by atoms with Gasteiger partial charge in [0.25, 0.3) is 0 Å². The molecule has 1 aromatic heterocycles. The second-order valence-corrected chi connectivity index (χ2v) is 8.57. The Morgan fingerprint density at radius 2 is 1.80 bits per heavy atom. The Hall–Kier alpha value is -4.17. The number of carbonyl (C=O) groups excluding carboxylic acids is 1. The van der Waals surface area contributed by atoms with E-state index >= 15 is 0 Å². The molecule has 35 heavy (non-hydrogen) atoms. The molecule has 3 aromatic carbocycles. The number of aliphatic hydroxyl groups is 1. The van der Waals surface area contributed by atoms with Crippen molar-refractivity contribution in [3.63, 3.8) is 0 Å². The van der Waals surface area contributed by atoms with E-state index in [0.29, 0.717) is 36.0 Å². The maximum Gasteiger partial charge on any atom is 0.415 e. The molecule has 8 nitrogen and oxygen atoms in total. The molecular weight excluding hydrogens is 444 g/mol. The maximum atomic E-state index is 12.7. The minimum atomic E-state index is -0.452. The molecule has 0 bridgehead atoms. The highest BCUT2D eigenvalue weighted by atomic mass is 16.6. The van der Waals surface area contributed by atoms with Crippen molar-refractivity contribution < 1.29 is 19.7 Å². The lowest BCUT2D eigenvalue weighted by molar-refractivity contribution is 0.130. The van der Waals surface area contributed by atoms with Gasteiger partial charge in [-0.05, 0) is 48.9 Å². The first-order valence-electron chi connectivity index (χ1n) is 11.5. The van der Waals surface area contributed by atoms with Crippen LogP contribution in [0.3, 0.4) is 0 Å². The van der Waals surface area contributed by atoms with Crippen molar-refractivity contribution >= 4 is 22.8 Å². The number of carbonyl (C=O) groups is 1. The summed E-state index contributed by atoms with van der Waals surface area (Å²) < 4.78 is 5.49. The predicted octanol–water partition coefficient (Wildman–Crippen LogP) is 3.99. The highest BCUT2D eigenvalue weighted by Crippen LogP contribution is 2.33. The number of ether oxygens (including phenoxy) is 1. The van der Waals surface area contributed by atoms with Gasteiger partial charge in [-0.3, -0.25) is 0 Å². The van der Waals surface area contributed by atoms with Gasteiger partial charge in [-0.1, -0.05) is 36.4 Å². The zero-order chi connectivity index (χ0) is 24.4. The summed E-state index contributed by atoms with van der Waals surface area (Å²) in [5.74, 6) is 1.63. The lowest BCUT2D eigenvalue weighted by atomic mass is 10.1. The van der Waals surface area contributed by atoms with Crippen LogP contribution in [-0.2, 0) is 0 Å². The molecule has 2 heterocycles. The van der Waals surface area contributed by atoms with Gasteiger partial charge in [0.05, 0.1) is 23.7 Å². The van der Waals surface area contributed by atoms with Crippen LogP contribution in [0.1, 0.15) is 5.56 Å². The third-order valence-corrected chi connectivity index (χ3v) is 6.15. The predicted molar refractivity (Wildman–Crippen MR) is 134 cm³/mol. The molecule has 0 saturated carbocycles. The van der Waals surface area contributed by atoms with Crippen molar-refractivity contribution in [3.05, 3.63) is 78.4 Å². The first-order chi connectivity index (χ1) is 17.0. The van der Waals surface area contributed by atoms with Gasteiger partial charge in [0.1, 0.15) is 17.3 Å². The number of hydrogen-bond donors (Lipinski definition) is 2. The van der Waals surface area contributed by atoms with Crippen molar-refractivity contribution in [2.45, 2.75) is 13.0 Å². The SMILES string of the molecule is Cc1ccc2c(N3CCN(C(=O)Oc4ccccc4)CC3CO)nc(-c3ccccc3O)nc2c1. The molecule has 0 aliphatic carbocycles. The highest BCUT2D eigenvalue weighted by molar-refractivity contribution is 5.92. The summed E-state index contributed by atoms with van der Waals surface area (Å²) in [6.07, 6.45) is -0.452. The minimum Gasteiger partial charge on any atom is -0.507 e. The third kappa shape index (κ3) is 4.61. The molecule has 1 aliphatic heterocycles. The number of aromatic hydroxyl groups is 1. The Morgan fingerprint density at radius 1 is 1.03 bits per heavy atom. The molecule has 1 amide bonds. The topological polar surface area (TPSA) is 99.0 Å². The molecule has 8 heteroatoms. The van der Waals surface area contributed by atoms with Crippen LogP contribution < -0.4 is 9.64 Å². The molecule has 2 N–H and O–H groups in total. The van der Waals surface area contributed by atoms with Gasteiger partial charge in [-0.2, -0.15) is 0 Å². The standard InChI is InChI=1S/C27H26N4O4/c1-18-11-12-21-23(15-18)28-25(22-9-5-6-10-24(22)33)29-26(21)31-14-13-30(16-19(31)17-32)27(34)35-20-7-3-2-4-8-20/h2-12,15,19,32-33H,13-14,16-17H2,1H3. The smallest absolute Gasteiger partial charge is 0.415 e. The van der Waals surface area contributed by atoms with Crippen molar-refractivity contribution in [2.24, 2.45) is 0 Å². The molecule has 178 valence electrons. The van der Waals surface area contributed by atoms with Gasteiger partial charge in [0, 0.05) is 25.0 Å². The number of aromatic nitrogens is 2. The van der Waals surface area contributed by atoms with Crippen LogP contribution in [0.2, 0.25) is 0 Å². The van der Waals surface area contributed by atoms with E-state index in [1.165, 1.54) is 0 Å². The van der Waals surface area contributed by atoms with Crippen LogP contribution in [0.5, 0.6) is 11.5 Å². The van der Waals surface area contributed by atoms with Gasteiger partial charge in [0.15, 0.2) is 5.82 Å². The van der Waals surface area contributed by atoms with Crippen LogP contribution in [-0.4, -0.2) is 63.5 Å². The molecule has 1 fully saturated rings. The van der Waals surface area contributed by atoms with Crippen LogP contribution in [0.15, 0.2) is 72.8 Å². The molecule has 0 spiro atoms. The monoisotopic (exact) mass is 470 g/mol. The summed E-state index contributed by atoms with van der Waals surface area (Å²) in [5, 5.41) is 21.5. The zero-order valence-corrected chi connectivity index (χ0v) is 19.3. The Morgan fingerprint density at radius 3 is 2.57 bits per heavy atom. The summed E-state index contributed by atoms with van der Waals surface area (Å²) >= 11 is 0. The van der Waals surface area contributed by atoms with E-state index in [0.717, 1.165) is 16.5 Å². The van der Waals surface area contributed by atoms with E-state index in [2.05, 4.69) is 0 Å². The van der Waals surface area contributed by atoms with Gasteiger partial charge >= 0.3 is 6.09 Å². The molecule has 1 saturated heterocycles. The maximum absolute atomic E-state index is 12.7. The number of para-hydroxylation sites is 2. The molecule has 1 aliphatic rings. The third-order valence-electron chi connectivity index (χ3n) is 6.15. The fourth-order valence-electron chi connectivity index (χ4n) is 4.34. The second-order valence-electron chi connectivity index (χ2n) is 8.57. The number of fused-ring (bicyclic) bond motifs is 1. The summed E-state index contributed by atoms with van der Waals surface area (Å²) in [5.41, 5.74) is 2.33. The highest BCUT2D eigenvalue weighted by Gasteiger charge is 2.32. The van der Waals surface area contributed by atoms with E-state index < -0.39 is 6.09 Å². The fraction of sp³-hybridized carbons (Fsp3) is 0.222. The van der Waals surface area contributed by atoms with Crippen LogP contribution >= 0.6 is 0 Å². The number of rotatable bonds is 4. The molecule has 1 atom stereocenters. The van der Waals surface area contributed by atoms with Crippen LogP contribution in [0.4, 0.5) is 10.6 Å². The number of benzene rings is 3. The minimum absolute atomic E-state index is 0.0950. The average molecular weight is 471 g/mol. The summed E-state index contributed by atoms with van der Waals surface area (Å²) in [7, 11) is 0. The quantitative estimate of drug-likeness (QED) is 0.465. The van der Waals surface area contributed by atoms with Crippen LogP contribution in [0, 0.1) is 6.92 Å². The van der Waals surface area contributed by atoms with Gasteiger partial charge in [-0.25, -0.2) is 14.8 Å². The number of amides is 1. The molecular formula is C27H26N4O4. The summed E-state index contributed by atoms with van der Waals surface area (Å²) in [4.78, 5) is 25.9. The lowest BCUT2D eigenvalue weighted by Gasteiger charge is -2.41. The van der Waals surface area contributed by atoms with Gasteiger partial charge in [0.2, 0.25) is 0 Å². The fourth-order valence-corrected chi connectivity index (χ4v) is 4.34. The largest absolute Gasteiger partial charge is 0.507 e. The van der Waals surface area contributed by atoms with E-state index in [-0.39, 0.29) is 24.9 Å². The number of phenols is 1. The molecule has 5 rings (SSSR count). The van der Waals surface area contributed by atoms with E-state index in [4.69, 9.17) is 14.7 Å². The average Bonchev–Trinajstić information content (AvgIpc) is 2.88. The van der Waals surface area contributed by atoms with Crippen LogP contribution in [0.25, 0.3) is 22.3 Å². The Balaban J connectivity index is 1.48. The number of aliphatic hydroxyl groups excluding tert-OH is 1. The number of nitrogens with zero attached hydrogens (tertiary/aromatic N) is 4. The lowest BCUT2D eigenvalue weighted by Crippen LogP contribution is -2.57. The normalized spacial score (nSPS) is 15.9. The first-order valence-corrected chi connectivity index (χ1v) is 11.5.